The van der Waals surface area contributed by atoms with Gasteiger partial charge in [-0.1, -0.05) is 30.8 Å². The summed E-state index contributed by atoms with van der Waals surface area (Å²) in [7, 11) is 1.84. The number of aromatic nitrogens is 3. The summed E-state index contributed by atoms with van der Waals surface area (Å²) in [6, 6.07) is 7.80. The van der Waals surface area contributed by atoms with Crippen LogP contribution in [-0.4, -0.2) is 32.3 Å². The molecule has 0 fully saturated rings. The second kappa shape index (κ2) is 9.96. The number of nitrogens with zero attached hydrogens (tertiary/aromatic N) is 3. The summed E-state index contributed by atoms with van der Waals surface area (Å²) in [6.07, 6.45) is 2.76. The van der Waals surface area contributed by atoms with E-state index in [2.05, 4.69) is 22.4 Å². The number of hydrogen-bond donors (Lipinski definition) is 2. The highest BCUT2D eigenvalue weighted by atomic mass is 32.2. The average molecular weight is 486 g/mol. The van der Waals surface area contributed by atoms with Crippen LogP contribution in [0.4, 0.5) is 5.00 Å². The average Bonchev–Trinajstić information content (AvgIpc) is 3.29. The lowest BCUT2D eigenvalue weighted by molar-refractivity contribution is -0.113. The maximum absolute atomic E-state index is 12.6. The van der Waals surface area contributed by atoms with Crippen LogP contribution in [0.25, 0.3) is 0 Å². The van der Waals surface area contributed by atoms with Crippen LogP contribution in [0.1, 0.15) is 45.5 Å². The zero-order chi connectivity index (χ0) is 23.5. The molecular weight excluding hydrogens is 458 g/mol. The lowest BCUT2D eigenvalue weighted by atomic mass is 9.88. The van der Waals surface area contributed by atoms with Crippen molar-refractivity contribution in [2.75, 3.05) is 11.1 Å². The summed E-state index contributed by atoms with van der Waals surface area (Å²) < 4.78 is 7.61. The van der Waals surface area contributed by atoms with Gasteiger partial charge in [0.15, 0.2) is 11.0 Å². The standard InChI is InChI=1S/C23H27N5O3S2/c1-13-5-4-6-15(9-13)31-11-18-26-27-23(28(18)3)32-12-19(29)25-22-20(21(24)30)16-8-7-14(2)10-17(16)33-22/h4-6,9,14H,7-8,10-12H2,1-3H3,(H2,24,30)(H,25,29). The third-order valence-electron chi connectivity index (χ3n) is 5.63. The van der Waals surface area contributed by atoms with E-state index < -0.39 is 5.91 Å². The predicted octanol–water partition coefficient (Wildman–Crippen LogP) is 3.72. The molecule has 3 aromatic rings. The van der Waals surface area contributed by atoms with Crippen LogP contribution in [0.15, 0.2) is 29.4 Å². The van der Waals surface area contributed by atoms with Gasteiger partial charge in [0.1, 0.15) is 17.4 Å². The second-order valence-electron chi connectivity index (χ2n) is 8.32. The van der Waals surface area contributed by atoms with Crippen LogP contribution in [0.2, 0.25) is 0 Å². The van der Waals surface area contributed by atoms with Crippen molar-refractivity contribution in [1.82, 2.24) is 14.8 Å². The number of nitrogens with one attached hydrogen (secondary N) is 1. The Morgan fingerprint density at radius 3 is 2.94 bits per heavy atom. The summed E-state index contributed by atoms with van der Waals surface area (Å²) in [4.78, 5) is 25.9. The largest absolute Gasteiger partial charge is 0.486 e. The van der Waals surface area contributed by atoms with E-state index in [1.165, 1.54) is 23.1 Å². The minimum Gasteiger partial charge on any atom is -0.486 e. The number of primary amides is 1. The summed E-state index contributed by atoms with van der Waals surface area (Å²) in [6.45, 7) is 4.48. The molecule has 4 rings (SSSR count). The van der Waals surface area contributed by atoms with Crippen LogP contribution in [0.3, 0.4) is 0 Å². The number of carbonyl (C=O) groups is 2. The van der Waals surface area contributed by atoms with E-state index in [9.17, 15) is 9.59 Å². The number of nitrogens with two attached hydrogens (primary N) is 1. The Bertz CT molecular complexity index is 1190. The fourth-order valence-electron chi connectivity index (χ4n) is 3.84. The monoisotopic (exact) mass is 485 g/mol. The molecule has 2 heterocycles. The van der Waals surface area contributed by atoms with Gasteiger partial charge >= 0.3 is 0 Å². The minimum atomic E-state index is -0.489. The first-order valence-corrected chi connectivity index (χ1v) is 12.6. The molecule has 1 aliphatic carbocycles. The molecular formula is C23H27N5O3S2. The molecule has 1 aliphatic rings. The Morgan fingerprint density at radius 2 is 2.18 bits per heavy atom. The molecule has 10 heteroatoms. The topological polar surface area (TPSA) is 112 Å². The first-order valence-electron chi connectivity index (χ1n) is 10.8. The summed E-state index contributed by atoms with van der Waals surface area (Å²) >= 11 is 2.74. The highest BCUT2D eigenvalue weighted by Gasteiger charge is 2.27. The molecule has 3 N–H and O–H groups in total. The third-order valence-corrected chi connectivity index (χ3v) is 7.82. The first-order chi connectivity index (χ1) is 15.8. The number of amides is 2. The Morgan fingerprint density at radius 1 is 1.36 bits per heavy atom. The normalized spacial score (nSPS) is 15.2. The van der Waals surface area contributed by atoms with Gasteiger partial charge in [-0.25, -0.2) is 0 Å². The molecule has 2 aromatic heterocycles. The predicted molar refractivity (Wildman–Crippen MR) is 130 cm³/mol. The summed E-state index contributed by atoms with van der Waals surface area (Å²) in [5.74, 6) is 1.43. The van der Waals surface area contributed by atoms with Gasteiger partial charge in [0, 0.05) is 11.9 Å². The van der Waals surface area contributed by atoms with Crippen LogP contribution in [0.5, 0.6) is 5.75 Å². The molecule has 1 atom stereocenters. The number of hydrogen-bond acceptors (Lipinski definition) is 7. The highest BCUT2D eigenvalue weighted by molar-refractivity contribution is 7.99. The van der Waals surface area contributed by atoms with E-state index in [4.69, 9.17) is 10.5 Å². The number of aryl methyl sites for hydroxylation is 1. The minimum absolute atomic E-state index is 0.141. The molecule has 0 saturated heterocycles. The molecule has 8 nitrogen and oxygen atoms in total. The molecule has 0 radical (unpaired) electrons. The van der Waals surface area contributed by atoms with Gasteiger partial charge in [0.25, 0.3) is 5.91 Å². The quantitative estimate of drug-likeness (QED) is 0.470. The van der Waals surface area contributed by atoms with E-state index in [1.807, 2.05) is 42.8 Å². The van der Waals surface area contributed by atoms with Crippen molar-refractivity contribution in [3.05, 3.63) is 51.7 Å². The molecule has 1 unspecified atom stereocenters. The number of fused-ring (bicyclic) bond motifs is 1. The Hall–Kier alpha value is -2.85. The van der Waals surface area contributed by atoms with Gasteiger partial charge in [0.05, 0.1) is 11.3 Å². The fourth-order valence-corrected chi connectivity index (χ4v) is 6.00. The maximum atomic E-state index is 12.6. The zero-order valence-corrected chi connectivity index (χ0v) is 20.5. The highest BCUT2D eigenvalue weighted by Crippen LogP contribution is 2.39. The van der Waals surface area contributed by atoms with E-state index in [1.54, 1.807) is 0 Å². The lowest BCUT2D eigenvalue weighted by Gasteiger charge is -2.18. The number of rotatable bonds is 8. The van der Waals surface area contributed by atoms with Crippen molar-refractivity contribution >= 4 is 39.9 Å². The Labute approximate surface area is 200 Å². The van der Waals surface area contributed by atoms with E-state index in [0.717, 1.165) is 41.0 Å². The summed E-state index contributed by atoms with van der Waals surface area (Å²) in [5.41, 5.74) is 8.22. The van der Waals surface area contributed by atoms with Crippen molar-refractivity contribution in [2.24, 2.45) is 18.7 Å². The van der Waals surface area contributed by atoms with E-state index in [-0.39, 0.29) is 18.3 Å². The van der Waals surface area contributed by atoms with Gasteiger partial charge < -0.3 is 20.4 Å². The van der Waals surface area contributed by atoms with Gasteiger partial charge in [-0.2, -0.15) is 0 Å². The number of ether oxygens (including phenoxy) is 1. The zero-order valence-electron chi connectivity index (χ0n) is 18.9. The number of carbonyl (C=O) groups excluding carboxylic acids is 2. The fraction of sp³-hybridized carbons (Fsp3) is 0.391. The lowest BCUT2D eigenvalue weighted by Crippen LogP contribution is -2.20. The van der Waals surface area contributed by atoms with Crippen LogP contribution >= 0.6 is 23.1 Å². The number of anilines is 1. The van der Waals surface area contributed by atoms with Crippen molar-refractivity contribution in [3.8, 4) is 5.75 Å². The smallest absolute Gasteiger partial charge is 0.251 e. The Balaban J connectivity index is 1.36. The number of thioether (sulfide) groups is 1. The SMILES string of the molecule is Cc1cccc(OCc2nnc(SCC(=O)Nc3sc4c(c3C(N)=O)CCC(C)C4)n2C)c1. The van der Waals surface area contributed by atoms with Crippen molar-refractivity contribution in [3.63, 3.8) is 0 Å². The molecule has 2 amide bonds. The van der Waals surface area contributed by atoms with Gasteiger partial charge in [-0.15, -0.1) is 21.5 Å². The van der Waals surface area contributed by atoms with Gasteiger partial charge in [0.2, 0.25) is 5.91 Å². The van der Waals surface area contributed by atoms with E-state index in [0.29, 0.717) is 27.5 Å². The van der Waals surface area contributed by atoms with Crippen LogP contribution in [-0.2, 0) is 31.3 Å². The second-order valence-corrected chi connectivity index (χ2v) is 10.4. The van der Waals surface area contributed by atoms with Crippen LogP contribution in [0, 0.1) is 12.8 Å². The molecule has 1 aromatic carbocycles. The molecule has 174 valence electrons. The van der Waals surface area contributed by atoms with E-state index >= 15 is 0 Å². The van der Waals surface area contributed by atoms with Crippen LogP contribution < -0.4 is 15.8 Å². The summed E-state index contributed by atoms with van der Waals surface area (Å²) in [5, 5.41) is 12.4. The third kappa shape index (κ3) is 5.39. The number of benzene rings is 1. The Kier molecular flexibility index (Phi) is 7.04. The molecule has 0 saturated carbocycles. The van der Waals surface area contributed by atoms with Crippen molar-refractivity contribution in [2.45, 2.75) is 44.9 Å². The molecule has 0 aliphatic heterocycles. The maximum Gasteiger partial charge on any atom is 0.251 e. The van der Waals surface area contributed by atoms with Crippen molar-refractivity contribution < 1.29 is 14.3 Å². The van der Waals surface area contributed by atoms with Gasteiger partial charge in [-0.05, 0) is 55.4 Å². The first kappa shape index (κ1) is 23.3. The molecule has 33 heavy (non-hydrogen) atoms. The number of thiophene rings is 1. The van der Waals surface area contributed by atoms with Gasteiger partial charge in [-0.3, -0.25) is 9.59 Å². The molecule has 0 spiro atoms. The molecule has 0 bridgehead atoms. The van der Waals surface area contributed by atoms with Crippen molar-refractivity contribution in [1.29, 1.82) is 0 Å².